The van der Waals surface area contributed by atoms with Gasteiger partial charge >= 0.3 is 0 Å². The van der Waals surface area contributed by atoms with Crippen molar-refractivity contribution < 1.29 is 4.42 Å². The van der Waals surface area contributed by atoms with Gasteiger partial charge in [0, 0.05) is 38.4 Å². The minimum Gasteiger partial charge on any atom is -0.453 e. The van der Waals surface area contributed by atoms with E-state index in [4.69, 9.17) is 4.42 Å². The number of hydrogen-bond acceptors (Lipinski definition) is 1. The molecular formula is C33H23NO. The molecule has 1 aliphatic carbocycles. The molecule has 0 atom stereocenters. The Morgan fingerprint density at radius 1 is 0.657 bits per heavy atom. The maximum atomic E-state index is 6.84. The molecule has 2 aromatic heterocycles. The molecule has 2 nitrogen and oxygen atoms in total. The van der Waals surface area contributed by atoms with E-state index in [0.717, 1.165) is 22.5 Å². The van der Waals surface area contributed by atoms with Crippen LogP contribution in [-0.4, -0.2) is 4.57 Å². The molecule has 0 spiro atoms. The molecule has 5 aromatic carbocycles. The van der Waals surface area contributed by atoms with Crippen molar-refractivity contribution in [2.75, 3.05) is 0 Å². The molecule has 35 heavy (non-hydrogen) atoms. The summed E-state index contributed by atoms with van der Waals surface area (Å²) in [5.41, 5.74) is 8.20. The van der Waals surface area contributed by atoms with E-state index >= 15 is 0 Å². The SMILES string of the molecule is CC1(C)c2ccccc2-c2oc3c(ccc4c5ccccc5n(-c5ccc6ccccc6c5)c43)c21. The van der Waals surface area contributed by atoms with Gasteiger partial charge in [-0.05, 0) is 34.5 Å². The zero-order valence-corrected chi connectivity index (χ0v) is 19.7. The molecule has 1 aliphatic rings. The largest absolute Gasteiger partial charge is 0.453 e. The molecule has 0 bridgehead atoms. The second-order valence-electron chi connectivity index (χ2n) is 10.2. The summed E-state index contributed by atoms with van der Waals surface area (Å²) < 4.78 is 9.23. The number of aromatic nitrogens is 1. The molecule has 0 radical (unpaired) electrons. The minimum atomic E-state index is -0.107. The van der Waals surface area contributed by atoms with Crippen molar-refractivity contribution in [2.45, 2.75) is 19.3 Å². The summed E-state index contributed by atoms with van der Waals surface area (Å²) in [5, 5.41) is 6.16. The highest BCUT2D eigenvalue weighted by Gasteiger charge is 2.40. The van der Waals surface area contributed by atoms with Gasteiger partial charge in [-0.1, -0.05) is 98.8 Å². The minimum absolute atomic E-state index is 0.107. The molecule has 0 aliphatic heterocycles. The topological polar surface area (TPSA) is 18.1 Å². The van der Waals surface area contributed by atoms with Crippen molar-refractivity contribution in [3.8, 4) is 17.0 Å². The van der Waals surface area contributed by atoms with E-state index in [-0.39, 0.29) is 5.41 Å². The normalized spacial score (nSPS) is 14.2. The number of furan rings is 1. The van der Waals surface area contributed by atoms with E-state index in [1.165, 1.54) is 49.1 Å². The first kappa shape index (κ1) is 19.1. The Kier molecular flexibility index (Phi) is 3.50. The lowest BCUT2D eigenvalue weighted by molar-refractivity contribution is 0.621. The van der Waals surface area contributed by atoms with Gasteiger partial charge in [0.1, 0.15) is 5.76 Å². The van der Waals surface area contributed by atoms with E-state index in [0.29, 0.717) is 0 Å². The lowest BCUT2D eigenvalue weighted by Gasteiger charge is -2.20. The van der Waals surface area contributed by atoms with Crippen LogP contribution in [0.25, 0.3) is 60.6 Å². The molecule has 2 heteroatoms. The van der Waals surface area contributed by atoms with E-state index < -0.39 is 0 Å². The first-order valence-electron chi connectivity index (χ1n) is 12.2. The highest BCUT2D eigenvalue weighted by Crippen LogP contribution is 2.54. The van der Waals surface area contributed by atoms with Gasteiger partial charge in [0.05, 0.1) is 11.0 Å². The maximum absolute atomic E-state index is 6.84. The highest BCUT2D eigenvalue weighted by molar-refractivity contribution is 6.18. The number of nitrogens with zero attached hydrogens (tertiary/aromatic N) is 1. The van der Waals surface area contributed by atoms with Gasteiger partial charge in [0.25, 0.3) is 0 Å². The first-order valence-corrected chi connectivity index (χ1v) is 12.2. The van der Waals surface area contributed by atoms with Gasteiger partial charge in [-0.3, -0.25) is 0 Å². The van der Waals surface area contributed by atoms with Crippen LogP contribution in [0.15, 0.2) is 108 Å². The molecule has 0 unspecified atom stereocenters. The lowest BCUT2D eigenvalue weighted by Crippen LogP contribution is -2.14. The number of rotatable bonds is 1. The monoisotopic (exact) mass is 449 g/mol. The van der Waals surface area contributed by atoms with Crippen LogP contribution >= 0.6 is 0 Å². The van der Waals surface area contributed by atoms with E-state index in [2.05, 4.69) is 122 Å². The smallest absolute Gasteiger partial charge is 0.159 e. The van der Waals surface area contributed by atoms with Crippen molar-refractivity contribution >= 4 is 43.5 Å². The van der Waals surface area contributed by atoms with Crippen LogP contribution in [0.3, 0.4) is 0 Å². The summed E-state index contributed by atoms with van der Waals surface area (Å²) in [4.78, 5) is 0. The van der Waals surface area contributed by atoms with E-state index in [1.807, 2.05) is 0 Å². The van der Waals surface area contributed by atoms with Gasteiger partial charge in [0.2, 0.25) is 0 Å². The average Bonchev–Trinajstić information content (AvgIpc) is 3.51. The summed E-state index contributed by atoms with van der Waals surface area (Å²) in [7, 11) is 0. The van der Waals surface area contributed by atoms with Crippen LogP contribution in [0.5, 0.6) is 0 Å². The Bertz CT molecular complexity index is 1980. The summed E-state index contributed by atoms with van der Waals surface area (Å²) >= 11 is 0. The second-order valence-corrected chi connectivity index (χ2v) is 10.2. The third-order valence-corrected chi connectivity index (χ3v) is 7.95. The predicted octanol–water partition coefficient (Wildman–Crippen LogP) is 8.99. The summed E-state index contributed by atoms with van der Waals surface area (Å²) in [6.07, 6.45) is 0. The fourth-order valence-electron chi connectivity index (χ4n) is 6.36. The Morgan fingerprint density at radius 3 is 2.31 bits per heavy atom. The lowest BCUT2D eigenvalue weighted by atomic mass is 9.81. The van der Waals surface area contributed by atoms with Crippen LogP contribution in [0.1, 0.15) is 25.0 Å². The Balaban J connectivity index is 1.55. The quantitative estimate of drug-likeness (QED) is 0.244. The van der Waals surface area contributed by atoms with Crippen LogP contribution in [0.4, 0.5) is 0 Å². The van der Waals surface area contributed by atoms with Crippen molar-refractivity contribution in [3.05, 3.63) is 114 Å². The molecule has 0 N–H and O–H groups in total. The predicted molar refractivity (Wildman–Crippen MR) is 146 cm³/mol. The van der Waals surface area contributed by atoms with Crippen molar-refractivity contribution in [2.24, 2.45) is 0 Å². The number of hydrogen-bond donors (Lipinski definition) is 0. The zero-order valence-electron chi connectivity index (χ0n) is 19.7. The van der Waals surface area contributed by atoms with Gasteiger partial charge in [-0.25, -0.2) is 0 Å². The maximum Gasteiger partial charge on any atom is 0.159 e. The van der Waals surface area contributed by atoms with Crippen LogP contribution in [-0.2, 0) is 5.41 Å². The third-order valence-electron chi connectivity index (χ3n) is 7.95. The van der Waals surface area contributed by atoms with Gasteiger partial charge in [-0.15, -0.1) is 0 Å². The molecule has 0 saturated heterocycles. The Morgan fingerprint density at radius 2 is 1.40 bits per heavy atom. The van der Waals surface area contributed by atoms with Crippen molar-refractivity contribution in [1.82, 2.24) is 4.57 Å². The highest BCUT2D eigenvalue weighted by atomic mass is 16.3. The first-order chi connectivity index (χ1) is 17.1. The standard InChI is InChI=1S/C33H23NO/c1-33(2)27-13-7-5-12-25(27)31-29(33)26-18-17-24-23-11-6-8-14-28(23)34(30(24)32(26)35-31)22-16-15-20-9-3-4-10-21(20)19-22/h3-19H,1-2H3. The molecule has 0 saturated carbocycles. The third kappa shape index (κ3) is 2.34. The van der Waals surface area contributed by atoms with Gasteiger partial charge < -0.3 is 8.98 Å². The van der Waals surface area contributed by atoms with Crippen molar-refractivity contribution in [3.63, 3.8) is 0 Å². The van der Waals surface area contributed by atoms with E-state index in [1.54, 1.807) is 0 Å². The summed E-state index contributed by atoms with van der Waals surface area (Å²) in [6, 6.07) is 37.2. The summed E-state index contributed by atoms with van der Waals surface area (Å²) in [5.74, 6) is 1.02. The molecule has 166 valence electrons. The number of fused-ring (bicyclic) bond motifs is 10. The Labute approximate surface area is 203 Å². The van der Waals surface area contributed by atoms with Crippen LogP contribution in [0, 0.1) is 0 Å². The molecule has 0 fully saturated rings. The average molecular weight is 450 g/mol. The number of para-hydroxylation sites is 1. The summed E-state index contributed by atoms with van der Waals surface area (Å²) in [6.45, 7) is 4.63. The molecule has 8 rings (SSSR count). The van der Waals surface area contributed by atoms with Gasteiger partial charge in [-0.2, -0.15) is 0 Å². The van der Waals surface area contributed by atoms with Gasteiger partial charge in [0.15, 0.2) is 5.58 Å². The Hall–Kier alpha value is -4.30. The van der Waals surface area contributed by atoms with Crippen LogP contribution < -0.4 is 0 Å². The molecule has 2 heterocycles. The zero-order chi connectivity index (χ0) is 23.3. The fraction of sp³-hybridized carbons (Fsp3) is 0.0909. The fourth-order valence-corrected chi connectivity index (χ4v) is 6.36. The van der Waals surface area contributed by atoms with E-state index in [9.17, 15) is 0 Å². The number of benzene rings is 5. The van der Waals surface area contributed by atoms with Crippen LogP contribution in [0.2, 0.25) is 0 Å². The van der Waals surface area contributed by atoms with Crippen molar-refractivity contribution in [1.29, 1.82) is 0 Å². The molecule has 7 aromatic rings. The second kappa shape index (κ2) is 6.43. The molecule has 0 amide bonds. The molecular weight excluding hydrogens is 426 g/mol.